The third kappa shape index (κ3) is 3.56. The third-order valence-corrected chi connectivity index (χ3v) is 6.88. The van der Waals surface area contributed by atoms with Gasteiger partial charge in [-0.2, -0.15) is 0 Å². The maximum Gasteiger partial charge on any atom is 0.250 e. The van der Waals surface area contributed by atoms with Crippen molar-refractivity contribution in [2.45, 2.75) is 49.8 Å². The van der Waals surface area contributed by atoms with Crippen molar-refractivity contribution in [3.8, 4) is 0 Å². The lowest BCUT2D eigenvalue weighted by atomic mass is 10.0. The Bertz CT molecular complexity index is 511. The molecule has 2 N–H and O–H groups in total. The van der Waals surface area contributed by atoms with E-state index in [1.165, 1.54) is 11.3 Å². The maximum absolute atomic E-state index is 12.1. The van der Waals surface area contributed by atoms with E-state index in [2.05, 4.69) is 4.72 Å². The Morgan fingerprint density at radius 2 is 2.05 bits per heavy atom. The average molecular weight is 303 g/mol. The van der Waals surface area contributed by atoms with Gasteiger partial charge in [-0.1, -0.05) is 12.8 Å². The van der Waals surface area contributed by atoms with Gasteiger partial charge in [0.25, 0.3) is 0 Å². The first kappa shape index (κ1) is 15.0. The lowest BCUT2D eigenvalue weighted by Crippen LogP contribution is -2.35. The zero-order valence-corrected chi connectivity index (χ0v) is 13.0. The summed E-state index contributed by atoms with van der Waals surface area (Å²) in [5.74, 6) is 0.245. The molecule has 0 aliphatic heterocycles. The Kier molecular flexibility index (Phi) is 4.66. The summed E-state index contributed by atoms with van der Waals surface area (Å²) in [4.78, 5) is 1.01. The molecule has 1 aromatic rings. The summed E-state index contributed by atoms with van der Waals surface area (Å²) in [5, 5.41) is 10.00. The van der Waals surface area contributed by atoms with E-state index in [0.717, 1.165) is 36.1 Å². The minimum Gasteiger partial charge on any atom is -0.391 e. The first-order valence-corrected chi connectivity index (χ1v) is 8.95. The van der Waals surface area contributed by atoms with E-state index in [9.17, 15) is 13.5 Å². The minimum atomic E-state index is -3.48. The van der Waals surface area contributed by atoms with Crippen LogP contribution < -0.4 is 4.72 Å². The molecule has 0 radical (unpaired) electrons. The highest BCUT2D eigenvalue weighted by Crippen LogP contribution is 2.28. The molecule has 1 atom stereocenters. The molecule has 1 aliphatic carbocycles. The van der Waals surface area contributed by atoms with E-state index in [-0.39, 0.29) is 12.5 Å². The first-order chi connectivity index (χ1) is 8.90. The monoisotopic (exact) mass is 303 g/mol. The number of aliphatic hydroxyl groups excluding tert-OH is 1. The highest BCUT2D eigenvalue weighted by Gasteiger charge is 2.25. The molecule has 4 nitrogen and oxygen atoms in total. The molecule has 2 rings (SSSR count). The Labute approximate surface area is 118 Å². The third-order valence-electron chi connectivity index (χ3n) is 3.83. The van der Waals surface area contributed by atoms with Gasteiger partial charge in [0.1, 0.15) is 4.21 Å². The van der Waals surface area contributed by atoms with Crippen LogP contribution in [0.1, 0.15) is 36.1 Å². The zero-order chi connectivity index (χ0) is 14.0. The van der Waals surface area contributed by atoms with Crippen LogP contribution in [0.3, 0.4) is 0 Å². The van der Waals surface area contributed by atoms with Crippen LogP contribution in [0.25, 0.3) is 0 Å². The van der Waals surface area contributed by atoms with Gasteiger partial charge < -0.3 is 5.11 Å². The molecule has 6 heteroatoms. The number of aliphatic hydroxyl groups is 1. The Morgan fingerprint density at radius 3 is 2.58 bits per heavy atom. The van der Waals surface area contributed by atoms with Crippen LogP contribution in [-0.4, -0.2) is 26.2 Å². The van der Waals surface area contributed by atoms with Gasteiger partial charge in [0.05, 0.1) is 6.10 Å². The second kappa shape index (κ2) is 5.91. The van der Waals surface area contributed by atoms with Crippen LogP contribution in [0, 0.1) is 19.8 Å². The maximum atomic E-state index is 12.1. The summed E-state index contributed by atoms with van der Waals surface area (Å²) in [6, 6.07) is 1.68. The average Bonchev–Trinajstić information content (AvgIpc) is 2.98. The smallest absolute Gasteiger partial charge is 0.250 e. The fourth-order valence-electron chi connectivity index (χ4n) is 2.45. The second-order valence-electron chi connectivity index (χ2n) is 5.27. The number of hydrogen-bond donors (Lipinski definition) is 2. The van der Waals surface area contributed by atoms with Gasteiger partial charge >= 0.3 is 0 Å². The molecule has 0 saturated heterocycles. The molecular formula is C13H21NO3S2. The number of rotatable bonds is 5. The molecule has 1 aliphatic rings. The number of hydrogen-bond acceptors (Lipinski definition) is 4. The number of aryl methyl sites for hydroxylation is 2. The van der Waals surface area contributed by atoms with E-state index in [1.54, 1.807) is 6.07 Å². The van der Waals surface area contributed by atoms with Gasteiger partial charge in [0, 0.05) is 11.4 Å². The summed E-state index contributed by atoms with van der Waals surface area (Å²) in [6.07, 6.45) is 3.70. The van der Waals surface area contributed by atoms with Gasteiger partial charge in [0.15, 0.2) is 0 Å². The minimum absolute atomic E-state index is 0.114. The molecule has 1 unspecified atom stereocenters. The Balaban J connectivity index is 1.97. The quantitative estimate of drug-likeness (QED) is 0.876. The van der Waals surface area contributed by atoms with E-state index < -0.39 is 16.1 Å². The van der Waals surface area contributed by atoms with Crippen molar-refractivity contribution < 1.29 is 13.5 Å². The van der Waals surface area contributed by atoms with Crippen molar-refractivity contribution in [3.63, 3.8) is 0 Å². The van der Waals surface area contributed by atoms with Gasteiger partial charge in [-0.05, 0) is 44.2 Å². The number of nitrogens with one attached hydrogen (secondary N) is 1. The fraction of sp³-hybridized carbons (Fsp3) is 0.692. The molecule has 1 fully saturated rings. The van der Waals surface area contributed by atoms with Crippen LogP contribution in [0.4, 0.5) is 0 Å². The second-order valence-corrected chi connectivity index (χ2v) is 8.52. The molecule has 0 aromatic carbocycles. The molecule has 1 aromatic heterocycles. The Morgan fingerprint density at radius 1 is 1.42 bits per heavy atom. The zero-order valence-electron chi connectivity index (χ0n) is 11.3. The lowest BCUT2D eigenvalue weighted by Gasteiger charge is -2.17. The molecule has 1 saturated carbocycles. The highest BCUT2D eigenvalue weighted by atomic mass is 32.2. The summed E-state index contributed by atoms with van der Waals surface area (Å²) < 4.78 is 27.1. The number of sulfonamides is 1. The molecule has 0 bridgehead atoms. The molecule has 1 heterocycles. The number of thiophene rings is 1. The lowest BCUT2D eigenvalue weighted by molar-refractivity contribution is 0.115. The fourth-order valence-corrected chi connectivity index (χ4v) is 5.06. The Hall–Kier alpha value is -0.430. The van der Waals surface area contributed by atoms with Crippen molar-refractivity contribution in [2.75, 3.05) is 6.54 Å². The summed E-state index contributed by atoms with van der Waals surface area (Å²) >= 11 is 1.27. The molecule has 19 heavy (non-hydrogen) atoms. The normalized spacial score (nSPS) is 18.9. The van der Waals surface area contributed by atoms with Crippen LogP contribution in [0.5, 0.6) is 0 Å². The van der Waals surface area contributed by atoms with Crippen LogP contribution >= 0.6 is 11.3 Å². The van der Waals surface area contributed by atoms with Crippen LogP contribution in [-0.2, 0) is 10.0 Å². The van der Waals surface area contributed by atoms with Crippen molar-refractivity contribution >= 4 is 21.4 Å². The van der Waals surface area contributed by atoms with Crippen LogP contribution in [0.2, 0.25) is 0 Å². The SMILES string of the molecule is Cc1cc(S(=O)(=O)NCC(O)C2CCCC2)sc1C. The van der Waals surface area contributed by atoms with Gasteiger partial charge in [-0.15, -0.1) is 11.3 Å². The molecule has 0 amide bonds. The van der Waals surface area contributed by atoms with E-state index in [4.69, 9.17) is 0 Å². The van der Waals surface area contributed by atoms with Crippen molar-refractivity contribution in [1.29, 1.82) is 0 Å². The summed E-state index contributed by atoms with van der Waals surface area (Å²) in [6.45, 7) is 3.92. The van der Waals surface area contributed by atoms with Gasteiger partial charge in [-0.25, -0.2) is 13.1 Å². The highest BCUT2D eigenvalue weighted by molar-refractivity contribution is 7.91. The van der Waals surface area contributed by atoms with E-state index in [0.29, 0.717) is 4.21 Å². The predicted molar refractivity (Wildman–Crippen MR) is 76.9 cm³/mol. The molecular weight excluding hydrogens is 282 g/mol. The topological polar surface area (TPSA) is 66.4 Å². The standard InChI is InChI=1S/C13H21NO3S2/c1-9-7-13(18-10(9)2)19(16,17)14-8-12(15)11-5-3-4-6-11/h7,11-12,14-15H,3-6,8H2,1-2H3. The van der Waals surface area contributed by atoms with Crippen molar-refractivity contribution in [3.05, 3.63) is 16.5 Å². The van der Waals surface area contributed by atoms with Gasteiger partial charge in [0.2, 0.25) is 10.0 Å². The van der Waals surface area contributed by atoms with Crippen molar-refractivity contribution in [1.82, 2.24) is 4.72 Å². The van der Waals surface area contributed by atoms with Crippen LogP contribution in [0.15, 0.2) is 10.3 Å². The largest absolute Gasteiger partial charge is 0.391 e. The first-order valence-electron chi connectivity index (χ1n) is 6.65. The summed E-state index contributed by atoms with van der Waals surface area (Å²) in [5.41, 5.74) is 0.988. The predicted octanol–water partition coefficient (Wildman–Crippen LogP) is 2.19. The molecule has 0 spiro atoms. The molecule has 108 valence electrons. The summed E-state index contributed by atoms with van der Waals surface area (Å²) in [7, 11) is -3.48. The van der Waals surface area contributed by atoms with E-state index >= 15 is 0 Å². The van der Waals surface area contributed by atoms with Gasteiger partial charge in [-0.3, -0.25) is 0 Å². The van der Waals surface area contributed by atoms with Crippen molar-refractivity contribution in [2.24, 2.45) is 5.92 Å². The van der Waals surface area contributed by atoms with E-state index in [1.807, 2.05) is 13.8 Å².